The largest absolute Gasteiger partial charge is 0.370 e. The standard InChI is InChI=1S/C11H15N3OS/c1-14(11(12)13)7-10(15)16-8-9-5-3-2-4-6-9/h2-6H,7-8H2,1H3,(H3,12,13). The van der Waals surface area contributed by atoms with E-state index in [1.165, 1.54) is 16.7 Å². The zero-order valence-electron chi connectivity index (χ0n) is 9.14. The summed E-state index contributed by atoms with van der Waals surface area (Å²) in [5.74, 6) is 0.569. The summed E-state index contributed by atoms with van der Waals surface area (Å²) in [4.78, 5) is 12.9. The van der Waals surface area contributed by atoms with Crippen molar-refractivity contribution in [3.63, 3.8) is 0 Å². The summed E-state index contributed by atoms with van der Waals surface area (Å²) in [6.45, 7) is 0.173. The average Bonchev–Trinajstić information content (AvgIpc) is 2.27. The van der Waals surface area contributed by atoms with Crippen LogP contribution in [0, 0.1) is 5.41 Å². The first-order valence-electron chi connectivity index (χ1n) is 4.84. The fourth-order valence-electron chi connectivity index (χ4n) is 1.06. The number of carbonyl (C=O) groups excluding carboxylic acids is 1. The Labute approximate surface area is 99.3 Å². The van der Waals surface area contributed by atoms with Crippen LogP contribution in [0.3, 0.4) is 0 Å². The van der Waals surface area contributed by atoms with Gasteiger partial charge in [-0.1, -0.05) is 42.1 Å². The molecule has 1 rings (SSSR count). The predicted molar refractivity (Wildman–Crippen MR) is 67.3 cm³/mol. The van der Waals surface area contributed by atoms with Crippen molar-refractivity contribution in [1.82, 2.24) is 4.90 Å². The Morgan fingerprint density at radius 1 is 1.44 bits per heavy atom. The van der Waals surface area contributed by atoms with Gasteiger partial charge in [0.05, 0.1) is 6.54 Å². The van der Waals surface area contributed by atoms with Crippen molar-refractivity contribution in [3.05, 3.63) is 35.9 Å². The number of hydrogen-bond donors (Lipinski definition) is 2. The zero-order chi connectivity index (χ0) is 12.0. The Morgan fingerprint density at radius 2 is 2.06 bits per heavy atom. The molecule has 0 aliphatic rings. The van der Waals surface area contributed by atoms with Crippen LogP contribution >= 0.6 is 11.8 Å². The number of guanidine groups is 1. The molecule has 0 heterocycles. The first-order valence-corrected chi connectivity index (χ1v) is 5.83. The van der Waals surface area contributed by atoms with Crippen LogP contribution in [0.2, 0.25) is 0 Å². The second-order valence-electron chi connectivity index (χ2n) is 3.39. The molecule has 1 aromatic rings. The fourth-order valence-corrected chi connectivity index (χ4v) is 1.87. The van der Waals surface area contributed by atoms with E-state index < -0.39 is 0 Å². The van der Waals surface area contributed by atoms with Gasteiger partial charge in [0, 0.05) is 12.8 Å². The van der Waals surface area contributed by atoms with Crippen LogP contribution in [-0.4, -0.2) is 29.6 Å². The molecule has 0 bridgehead atoms. The van der Waals surface area contributed by atoms with Crippen molar-refractivity contribution < 1.29 is 4.79 Å². The lowest BCUT2D eigenvalue weighted by Crippen LogP contribution is -2.36. The third kappa shape index (κ3) is 4.35. The van der Waals surface area contributed by atoms with Gasteiger partial charge in [0.1, 0.15) is 0 Å². The quantitative estimate of drug-likeness (QED) is 0.611. The maximum Gasteiger partial charge on any atom is 0.208 e. The molecule has 0 fully saturated rings. The molecule has 1 aromatic carbocycles. The zero-order valence-corrected chi connectivity index (χ0v) is 9.96. The molecule has 0 amide bonds. The van der Waals surface area contributed by atoms with Crippen molar-refractivity contribution in [1.29, 1.82) is 5.41 Å². The van der Waals surface area contributed by atoms with E-state index >= 15 is 0 Å². The van der Waals surface area contributed by atoms with Crippen LogP contribution < -0.4 is 5.73 Å². The second-order valence-corrected chi connectivity index (χ2v) is 4.42. The molecule has 0 unspecified atom stereocenters. The van der Waals surface area contributed by atoms with E-state index in [2.05, 4.69) is 0 Å². The van der Waals surface area contributed by atoms with E-state index in [0.29, 0.717) is 5.75 Å². The van der Waals surface area contributed by atoms with Crippen molar-refractivity contribution in [2.75, 3.05) is 13.6 Å². The minimum Gasteiger partial charge on any atom is -0.370 e. The Hall–Kier alpha value is -1.49. The van der Waals surface area contributed by atoms with Gasteiger partial charge < -0.3 is 10.6 Å². The van der Waals surface area contributed by atoms with E-state index in [-0.39, 0.29) is 17.6 Å². The van der Waals surface area contributed by atoms with E-state index in [0.717, 1.165) is 5.56 Å². The lowest BCUT2D eigenvalue weighted by atomic mass is 10.2. The molecule has 16 heavy (non-hydrogen) atoms. The molecule has 3 N–H and O–H groups in total. The molecule has 0 aliphatic heterocycles. The van der Waals surface area contributed by atoms with Gasteiger partial charge in [0.25, 0.3) is 0 Å². The highest BCUT2D eigenvalue weighted by Gasteiger charge is 2.08. The summed E-state index contributed by atoms with van der Waals surface area (Å²) in [6.07, 6.45) is 0. The summed E-state index contributed by atoms with van der Waals surface area (Å²) < 4.78 is 0. The lowest BCUT2D eigenvalue weighted by Gasteiger charge is -2.14. The van der Waals surface area contributed by atoms with Crippen molar-refractivity contribution in [2.24, 2.45) is 5.73 Å². The molecule has 86 valence electrons. The summed E-state index contributed by atoms with van der Waals surface area (Å²) in [5.41, 5.74) is 6.36. The number of nitrogens with zero attached hydrogens (tertiary/aromatic N) is 1. The molecule has 0 atom stereocenters. The molecule has 0 saturated carbocycles. The maximum atomic E-state index is 11.5. The van der Waals surface area contributed by atoms with Gasteiger partial charge in [0.2, 0.25) is 5.12 Å². The van der Waals surface area contributed by atoms with E-state index in [9.17, 15) is 4.79 Å². The average molecular weight is 237 g/mol. The van der Waals surface area contributed by atoms with E-state index in [4.69, 9.17) is 11.1 Å². The third-order valence-corrected chi connectivity index (χ3v) is 2.95. The van der Waals surface area contributed by atoms with Crippen LogP contribution in [0.4, 0.5) is 0 Å². The number of nitrogens with two attached hydrogens (primary N) is 1. The molecular formula is C11H15N3OS. The number of nitrogens with one attached hydrogen (secondary N) is 1. The van der Waals surface area contributed by atoms with Gasteiger partial charge in [-0.25, -0.2) is 0 Å². The summed E-state index contributed by atoms with van der Waals surface area (Å²) in [6, 6.07) is 9.80. The normalized spacial score (nSPS) is 9.81. The van der Waals surface area contributed by atoms with Crippen LogP contribution in [0.5, 0.6) is 0 Å². The lowest BCUT2D eigenvalue weighted by molar-refractivity contribution is -0.111. The van der Waals surface area contributed by atoms with Crippen LogP contribution in [0.25, 0.3) is 0 Å². The summed E-state index contributed by atoms with van der Waals surface area (Å²) in [7, 11) is 1.63. The third-order valence-electron chi connectivity index (χ3n) is 2.02. The van der Waals surface area contributed by atoms with Gasteiger partial charge >= 0.3 is 0 Å². The summed E-state index contributed by atoms with van der Waals surface area (Å²) >= 11 is 1.24. The monoisotopic (exact) mass is 237 g/mol. The number of benzene rings is 1. The smallest absolute Gasteiger partial charge is 0.208 e. The Morgan fingerprint density at radius 3 is 2.62 bits per heavy atom. The minimum atomic E-state index is -0.0892. The van der Waals surface area contributed by atoms with E-state index in [1.807, 2.05) is 30.3 Å². The number of carbonyl (C=O) groups is 1. The molecule has 0 aromatic heterocycles. The Kier molecular flexibility index (Phi) is 4.85. The Bertz CT molecular complexity index is 367. The Balaban J connectivity index is 2.33. The number of rotatable bonds is 4. The topological polar surface area (TPSA) is 70.2 Å². The second kappa shape index (κ2) is 6.17. The minimum absolute atomic E-state index is 0.0153. The number of hydrogen-bond acceptors (Lipinski definition) is 3. The van der Waals surface area contributed by atoms with Crippen LogP contribution in [0.1, 0.15) is 5.56 Å². The first-order chi connectivity index (χ1) is 7.59. The predicted octanol–water partition coefficient (Wildman–Crippen LogP) is 1.27. The molecular weight excluding hydrogens is 222 g/mol. The van der Waals surface area contributed by atoms with Crippen molar-refractivity contribution in [2.45, 2.75) is 5.75 Å². The van der Waals surface area contributed by atoms with Gasteiger partial charge in [0.15, 0.2) is 5.96 Å². The first kappa shape index (κ1) is 12.6. The van der Waals surface area contributed by atoms with Gasteiger partial charge in [-0.2, -0.15) is 0 Å². The maximum absolute atomic E-state index is 11.5. The van der Waals surface area contributed by atoms with Gasteiger partial charge in [-0.3, -0.25) is 10.2 Å². The number of likely N-dealkylation sites (N-methyl/N-ethyl adjacent to an activating group) is 1. The number of thioether (sulfide) groups is 1. The highest BCUT2D eigenvalue weighted by Crippen LogP contribution is 2.12. The molecule has 0 radical (unpaired) electrons. The molecule has 5 heteroatoms. The molecule has 0 spiro atoms. The van der Waals surface area contributed by atoms with Crippen LogP contribution in [-0.2, 0) is 10.5 Å². The van der Waals surface area contributed by atoms with Gasteiger partial charge in [-0.15, -0.1) is 0 Å². The van der Waals surface area contributed by atoms with E-state index in [1.54, 1.807) is 7.05 Å². The highest BCUT2D eigenvalue weighted by molar-refractivity contribution is 8.13. The molecule has 0 saturated heterocycles. The van der Waals surface area contributed by atoms with Crippen LogP contribution in [0.15, 0.2) is 30.3 Å². The van der Waals surface area contributed by atoms with Crippen molar-refractivity contribution >= 4 is 22.8 Å². The SMILES string of the molecule is CN(CC(=O)SCc1ccccc1)C(=N)N. The fraction of sp³-hybridized carbons (Fsp3) is 0.273. The summed E-state index contributed by atoms with van der Waals surface area (Å²) in [5, 5.41) is 7.15. The highest BCUT2D eigenvalue weighted by atomic mass is 32.2. The van der Waals surface area contributed by atoms with Crippen molar-refractivity contribution in [3.8, 4) is 0 Å². The molecule has 0 aliphatic carbocycles. The molecule has 4 nitrogen and oxygen atoms in total. The van der Waals surface area contributed by atoms with Gasteiger partial charge in [-0.05, 0) is 5.56 Å².